The van der Waals surface area contributed by atoms with Crippen LogP contribution in [0, 0.1) is 11.8 Å². The number of quaternary nitrogens is 1. The maximum Gasteiger partial charge on any atom is 0.277 e. The summed E-state index contributed by atoms with van der Waals surface area (Å²) in [6, 6.07) is 2.58. The van der Waals surface area contributed by atoms with Crippen LogP contribution < -0.4 is 10.3 Å². The molecule has 1 atom stereocenters. The van der Waals surface area contributed by atoms with Gasteiger partial charge in [0.2, 0.25) is 11.8 Å². The molecule has 38 heavy (non-hydrogen) atoms. The number of hydrogen-bond acceptors (Lipinski definition) is 8. The molecule has 5 heterocycles. The second-order valence-corrected chi connectivity index (χ2v) is 9.54. The monoisotopic (exact) mass is 525 g/mol. The van der Waals surface area contributed by atoms with Crippen LogP contribution in [0.15, 0.2) is 52.2 Å². The summed E-state index contributed by atoms with van der Waals surface area (Å²) in [5, 5.41) is 14.6. The van der Waals surface area contributed by atoms with Gasteiger partial charge in [0, 0.05) is 38.2 Å². The average molecular weight is 526 g/mol. The number of carbonyl (C=O) groups excluding carboxylic acids is 1. The van der Waals surface area contributed by atoms with E-state index in [4.69, 9.17) is 9.15 Å². The van der Waals surface area contributed by atoms with Crippen molar-refractivity contribution in [3.05, 3.63) is 65.8 Å². The van der Waals surface area contributed by atoms with E-state index in [1.165, 1.54) is 12.5 Å². The van der Waals surface area contributed by atoms with E-state index in [-0.39, 0.29) is 34.7 Å². The Hall–Kier alpha value is -3.81. The SMILES string of the molecule is O=C(NC1=C[NH+](C2CCC(N3CCOCC3)CC2)N=C1c1nc(F)ccc1F)c1coc(-c2cn[nH]c2)n1. The van der Waals surface area contributed by atoms with Crippen LogP contribution in [0.5, 0.6) is 0 Å². The number of nitrogens with zero attached hydrogens (tertiary/aromatic N) is 5. The van der Waals surface area contributed by atoms with Gasteiger partial charge in [-0.2, -0.15) is 14.5 Å². The highest BCUT2D eigenvalue weighted by Crippen LogP contribution is 2.24. The summed E-state index contributed by atoms with van der Waals surface area (Å²) < 4.78 is 39.6. The van der Waals surface area contributed by atoms with Gasteiger partial charge in [0.15, 0.2) is 17.2 Å². The van der Waals surface area contributed by atoms with Crippen molar-refractivity contribution in [3.63, 3.8) is 0 Å². The molecule has 3 N–H and O–H groups in total. The van der Waals surface area contributed by atoms with Crippen LogP contribution in [-0.4, -0.2) is 75.1 Å². The number of amides is 1. The second kappa shape index (κ2) is 10.5. The zero-order valence-electron chi connectivity index (χ0n) is 20.5. The van der Waals surface area contributed by atoms with Crippen molar-refractivity contribution in [1.82, 2.24) is 30.4 Å². The molecule has 1 aliphatic carbocycles. The number of morpholine rings is 1. The molecule has 11 nitrogen and oxygen atoms in total. The van der Waals surface area contributed by atoms with Crippen molar-refractivity contribution in [1.29, 1.82) is 0 Å². The third-order valence-corrected chi connectivity index (χ3v) is 7.23. The number of pyridine rings is 1. The summed E-state index contributed by atoms with van der Waals surface area (Å²) in [6.07, 6.45) is 9.90. The van der Waals surface area contributed by atoms with Crippen molar-refractivity contribution in [2.75, 3.05) is 26.3 Å². The number of rotatable bonds is 6. The smallest absolute Gasteiger partial charge is 0.277 e. The lowest BCUT2D eigenvalue weighted by Gasteiger charge is -2.38. The highest BCUT2D eigenvalue weighted by Gasteiger charge is 2.37. The van der Waals surface area contributed by atoms with Gasteiger partial charge in [0.1, 0.15) is 29.9 Å². The highest BCUT2D eigenvalue weighted by molar-refractivity contribution is 6.14. The molecule has 6 rings (SSSR count). The van der Waals surface area contributed by atoms with E-state index in [9.17, 15) is 13.6 Å². The number of nitrogens with one attached hydrogen (secondary N) is 3. The zero-order chi connectivity index (χ0) is 26.1. The molecular formula is C25H27F2N8O3+. The Morgan fingerprint density at radius 1 is 1.13 bits per heavy atom. The van der Waals surface area contributed by atoms with Crippen LogP contribution in [-0.2, 0) is 4.74 Å². The lowest BCUT2D eigenvalue weighted by molar-refractivity contribution is -0.880. The molecule has 0 bridgehead atoms. The Labute approximate surface area is 216 Å². The number of aromatic nitrogens is 4. The van der Waals surface area contributed by atoms with E-state index in [2.05, 4.69) is 35.5 Å². The number of hydrogen-bond donors (Lipinski definition) is 3. The molecule has 0 spiro atoms. The van der Waals surface area contributed by atoms with E-state index >= 15 is 0 Å². The van der Waals surface area contributed by atoms with E-state index in [0.29, 0.717) is 11.6 Å². The summed E-state index contributed by atoms with van der Waals surface area (Å²) in [7, 11) is 0. The van der Waals surface area contributed by atoms with E-state index < -0.39 is 17.7 Å². The summed E-state index contributed by atoms with van der Waals surface area (Å²) in [5.41, 5.74) is 0.673. The Bertz CT molecular complexity index is 1360. The molecule has 3 aliphatic rings. The lowest BCUT2D eigenvalue weighted by Crippen LogP contribution is -3.06. The van der Waals surface area contributed by atoms with Gasteiger partial charge in [0.25, 0.3) is 5.91 Å². The number of halogens is 2. The third-order valence-electron chi connectivity index (χ3n) is 7.23. The molecule has 3 aromatic rings. The number of carbonyl (C=O) groups is 1. The summed E-state index contributed by atoms with van der Waals surface area (Å²) in [6.45, 7) is 3.41. The summed E-state index contributed by atoms with van der Waals surface area (Å²) in [4.78, 5) is 23.5. The van der Waals surface area contributed by atoms with Gasteiger partial charge in [-0.05, 0) is 25.0 Å². The molecule has 1 amide bonds. The first-order chi connectivity index (χ1) is 18.5. The van der Waals surface area contributed by atoms with Crippen LogP contribution in [0.2, 0.25) is 0 Å². The zero-order valence-corrected chi connectivity index (χ0v) is 20.5. The molecule has 2 aliphatic heterocycles. The van der Waals surface area contributed by atoms with E-state index in [1.807, 2.05) is 0 Å². The average Bonchev–Trinajstić information content (AvgIpc) is 3.72. The molecule has 0 radical (unpaired) electrons. The van der Waals surface area contributed by atoms with Gasteiger partial charge < -0.3 is 14.5 Å². The molecule has 13 heteroatoms. The normalized spacial score (nSPS) is 24.2. The van der Waals surface area contributed by atoms with Crippen molar-refractivity contribution in [2.45, 2.75) is 37.8 Å². The van der Waals surface area contributed by atoms with Crippen molar-refractivity contribution in [3.8, 4) is 11.5 Å². The summed E-state index contributed by atoms with van der Waals surface area (Å²) in [5.74, 6) is -1.92. The van der Waals surface area contributed by atoms with Crippen molar-refractivity contribution in [2.24, 2.45) is 5.10 Å². The van der Waals surface area contributed by atoms with Crippen LogP contribution in [0.4, 0.5) is 8.78 Å². The third kappa shape index (κ3) is 4.99. The Balaban J connectivity index is 1.22. The quantitative estimate of drug-likeness (QED) is 0.414. The predicted molar refractivity (Wildman–Crippen MR) is 130 cm³/mol. The fourth-order valence-corrected chi connectivity index (χ4v) is 5.25. The predicted octanol–water partition coefficient (Wildman–Crippen LogP) is 1.26. The molecule has 198 valence electrons. The van der Waals surface area contributed by atoms with Gasteiger partial charge in [-0.1, -0.05) is 5.10 Å². The van der Waals surface area contributed by atoms with Crippen molar-refractivity contribution >= 4 is 11.6 Å². The van der Waals surface area contributed by atoms with Gasteiger partial charge in [-0.3, -0.25) is 14.8 Å². The molecule has 1 unspecified atom stereocenters. The van der Waals surface area contributed by atoms with E-state index in [1.54, 1.807) is 12.4 Å². The Morgan fingerprint density at radius 3 is 2.71 bits per heavy atom. The molecule has 3 aromatic heterocycles. The van der Waals surface area contributed by atoms with Crippen LogP contribution in [0.1, 0.15) is 41.9 Å². The first-order valence-corrected chi connectivity index (χ1v) is 12.6. The van der Waals surface area contributed by atoms with Crippen LogP contribution in [0.3, 0.4) is 0 Å². The minimum atomic E-state index is -0.837. The fourth-order valence-electron chi connectivity index (χ4n) is 5.25. The standard InChI is InChI=1S/C25H26F2N8O3/c26-18-5-6-21(27)32-22(18)23-19(30-24(36)20-14-38-25(31-20)15-11-28-29-12-15)13-35(33-23)17-3-1-16(2-4-17)34-7-9-37-10-8-34/h5-6,11-14,16-17H,1-4,7-10H2,(H,28,29)(H,30,36)/p+1. The number of aromatic amines is 1. The number of H-pyrrole nitrogens is 1. The Morgan fingerprint density at radius 2 is 1.95 bits per heavy atom. The first kappa shape index (κ1) is 24.5. The van der Waals surface area contributed by atoms with Crippen molar-refractivity contribution < 1.29 is 27.7 Å². The minimum Gasteiger partial charge on any atom is -0.444 e. The molecule has 1 saturated carbocycles. The summed E-state index contributed by atoms with van der Waals surface area (Å²) >= 11 is 0. The van der Waals surface area contributed by atoms with Crippen LogP contribution >= 0.6 is 0 Å². The lowest BCUT2D eigenvalue weighted by atomic mass is 9.89. The number of allylic oxidation sites excluding steroid dienone is 1. The molecular weight excluding hydrogens is 498 g/mol. The second-order valence-electron chi connectivity index (χ2n) is 9.54. The number of ether oxygens (including phenoxy) is 1. The Kier molecular flexibility index (Phi) is 6.79. The molecule has 0 aromatic carbocycles. The van der Waals surface area contributed by atoms with Gasteiger partial charge in [-0.15, -0.1) is 0 Å². The largest absolute Gasteiger partial charge is 0.444 e. The maximum atomic E-state index is 14.7. The fraction of sp³-hybridized carbons (Fsp3) is 0.400. The van der Waals surface area contributed by atoms with Crippen LogP contribution in [0.25, 0.3) is 11.5 Å². The highest BCUT2D eigenvalue weighted by atomic mass is 19.1. The first-order valence-electron chi connectivity index (χ1n) is 12.6. The van der Waals surface area contributed by atoms with E-state index in [0.717, 1.165) is 69.1 Å². The minimum absolute atomic E-state index is 0.0218. The maximum absolute atomic E-state index is 14.7. The van der Waals surface area contributed by atoms with Gasteiger partial charge >= 0.3 is 0 Å². The van der Waals surface area contributed by atoms with Gasteiger partial charge in [0.05, 0.1) is 25.0 Å². The number of oxazole rings is 1. The van der Waals surface area contributed by atoms with Gasteiger partial charge in [-0.25, -0.2) is 14.4 Å². The molecule has 2 fully saturated rings. The molecule has 1 saturated heterocycles. The topological polar surface area (TPSA) is 126 Å².